The number of hydrogen-bond donors (Lipinski definition) is 1. The van der Waals surface area contributed by atoms with Crippen molar-refractivity contribution in [3.63, 3.8) is 0 Å². The molecular formula is C12H11FN2O2S. The number of Topliss-reactive ketones (excluding diaryl/α,β-unsaturated/α-hetero) is 1. The number of nitrogens with zero attached hydrogens (tertiary/aromatic N) is 1. The molecule has 0 radical (unpaired) electrons. The van der Waals surface area contributed by atoms with Gasteiger partial charge in [0.05, 0.1) is 19.2 Å². The molecule has 0 aliphatic carbocycles. The number of aromatic nitrogens is 1. The normalized spacial score (nSPS) is 10.3. The van der Waals surface area contributed by atoms with Crippen LogP contribution < -0.4 is 10.5 Å². The summed E-state index contributed by atoms with van der Waals surface area (Å²) in [6.45, 7) is 0. The van der Waals surface area contributed by atoms with Crippen LogP contribution in [0, 0.1) is 5.82 Å². The van der Waals surface area contributed by atoms with Crippen molar-refractivity contribution >= 4 is 22.3 Å². The average molecular weight is 266 g/mol. The second-order valence-electron chi connectivity index (χ2n) is 3.63. The van der Waals surface area contributed by atoms with E-state index in [0.29, 0.717) is 16.4 Å². The fourth-order valence-electron chi connectivity index (χ4n) is 1.51. The molecule has 6 heteroatoms. The minimum Gasteiger partial charge on any atom is -0.494 e. The monoisotopic (exact) mass is 266 g/mol. The summed E-state index contributed by atoms with van der Waals surface area (Å²) in [5.74, 6) is -0.646. The maximum Gasteiger partial charge on any atom is 0.180 e. The molecule has 0 bridgehead atoms. The summed E-state index contributed by atoms with van der Waals surface area (Å²) in [6, 6.07) is 4.12. The number of methoxy groups -OCH3 is 1. The highest BCUT2D eigenvalue weighted by Crippen LogP contribution is 2.19. The molecule has 4 nitrogen and oxygen atoms in total. The molecular weight excluding hydrogens is 255 g/mol. The summed E-state index contributed by atoms with van der Waals surface area (Å²) < 4.78 is 18.2. The lowest BCUT2D eigenvalue weighted by Gasteiger charge is -2.03. The lowest BCUT2D eigenvalue weighted by molar-refractivity contribution is 0.0991. The highest BCUT2D eigenvalue weighted by atomic mass is 32.1. The van der Waals surface area contributed by atoms with E-state index in [-0.39, 0.29) is 18.0 Å². The predicted octanol–water partition coefficient (Wildman–Crippen LogP) is 2.30. The van der Waals surface area contributed by atoms with Gasteiger partial charge in [0.15, 0.2) is 22.5 Å². The van der Waals surface area contributed by atoms with Crippen molar-refractivity contribution in [2.75, 3.05) is 12.8 Å². The van der Waals surface area contributed by atoms with Crippen molar-refractivity contribution in [2.24, 2.45) is 0 Å². The third-order valence-corrected chi connectivity index (χ3v) is 3.11. The van der Waals surface area contributed by atoms with Crippen molar-refractivity contribution in [3.8, 4) is 5.75 Å². The van der Waals surface area contributed by atoms with Crippen LogP contribution >= 0.6 is 11.3 Å². The summed E-state index contributed by atoms with van der Waals surface area (Å²) in [7, 11) is 1.37. The van der Waals surface area contributed by atoms with E-state index in [1.807, 2.05) is 0 Å². The Morgan fingerprint density at radius 3 is 2.89 bits per heavy atom. The van der Waals surface area contributed by atoms with Gasteiger partial charge < -0.3 is 10.5 Å². The molecule has 0 saturated carbocycles. The van der Waals surface area contributed by atoms with Crippen molar-refractivity contribution in [1.82, 2.24) is 4.98 Å². The SMILES string of the molecule is COc1ccc(C(=O)Cc2csc(N)n2)cc1F. The van der Waals surface area contributed by atoms with E-state index in [4.69, 9.17) is 10.5 Å². The molecule has 1 aromatic heterocycles. The van der Waals surface area contributed by atoms with Gasteiger partial charge in [-0.15, -0.1) is 11.3 Å². The van der Waals surface area contributed by atoms with Crippen LogP contribution in [0.1, 0.15) is 16.1 Å². The highest BCUT2D eigenvalue weighted by molar-refractivity contribution is 7.13. The van der Waals surface area contributed by atoms with Gasteiger partial charge >= 0.3 is 0 Å². The van der Waals surface area contributed by atoms with Gasteiger partial charge in [0.25, 0.3) is 0 Å². The number of nitrogen functional groups attached to an aromatic ring is 1. The molecule has 1 aromatic carbocycles. The number of hydrogen-bond acceptors (Lipinski definition) is 5. The molecule has 0 aliphatic rings. The van der Waals surface area contributed by atoms with E-state index in [0.717, 1.165) is 6.07 Å². The molecule has 0 atom stereocenters. The van der Waals surface area contributed by atoms with Crippen LogP contribution in [0.2, 0.25) is 0 Å². The molecule has 0 aliphatic heterocycles. The maximum absolute atomic E-state index is 13.4. The van der Waals surface area contributed by atoms with Crippen LogP contribution in [0.4, 0.5) is 9.52 Å². The van der Waals surface area contributed by atoms with Gasteiger partial charge in [-0.3, -0.25) is 4.79 Å². The molecule has 18 heavy (non-hydrogen) atoms. The lowest BCUT2D eigenvalue weighted by Crippen LogP contribution is -2.05. The number of carbonyl (C=O) groups excluding carboxylic acids is 1. The number of ether oxygens (including phenoxy) is 1. The van der Waals surface area contributed by atoms with Gasteiger partial charge in [-0.2, -0.15) is 0 Å². The lowest BCUT2D eigenvalue weighted by atomic mass is 10.1. The number of rotatable bonds is 4. The summed E-state index contributed by atoms with van der Waals surface area (Å²) in [4.78, 5) is 15.9. The molecule has 2 N–H and O–H groups in total. The maximum atomic E-state index is 13.4. The summed E-state index contributed by atoms with van der Waals surface area (Å²) in [5.41, 5.74) is 6.36. The Morgan fingerprint density at radius 1 is 1.56 bits per heavy atom. The first-order valence-corrected chi connectivity index (χ1v) is 6.04. The van der Waals surface area contributed by atoms with Crippen molar-refractivity contribution in [1.29, 1.82) is 0 Å². The first-order valence-electron chi connectivity index (χ1n) is 5.17. The molecule has 1 heterocycles. The number of carbonyl (C=O) groups is 1. The van der Waals surface area contributed by atoms with Gasteiger partial charge in [0, 0.05) is 10.9 Å². The molecule has 0 saturated heterocycles. The summed E-state index contributed by atoms with van der Waals surface area (Å²) in [5, 5.41) is 2.13. The number of halogens is 1. The zero-order valence-electron chi connectivity index (χ0n) is 9.64. The number of thiazole rings is 1. The van der Waals surface area contributed by atoms with E-state index in [1.54, 1.807) is 5.38 Å². The standard InChI is InChI=1S/C12H11FN2O2S/c1-17-11-3-2-7(4-9(11)13)10(16)5-8-6-18-12(14)15-8/h2-4,6H,5H2,1H3,(H2,14,15). The van der Waals surface area contributed by atoms with Crippen molar-refractivity contribution in [3.05, 3.63) is 40.7 Å². The molecule has 0 fully saturated rings. The Hall–Kier alpha value is -1.95. The second kappa shape index (κ2) is 5.14. The van der Waals surface area contributed by atoms with E-state index in [2.05, 4.69) is 4.98 Å². The quantitative estimate of drug-likeness (QED) is 0.862. The first kappa shape index (κ1) is 12.5. The third kappa shape index (κ3) is 2.65. The van der Waals surface area contributed by atoms with E-state index in [9.17, 15) is 9.18 Å². The van der Waals surface area contributed by atoms with Crippen molar-refractivity contribution in [2.45, 2.75) is 6.42 Å². The van der Waals surface area contributed by atoms with Crippen LogP contribution in [0.25, 0.3) is 0 Å². The van der Waals surface area contributed by atoms with Crippen LogP contribution in [0.15, 0.2) is 23.6 Å². The smallest absolute Gasteiger partial charge is 0.180 e. The van der Waals surface area contributed by atoms with Gasteiger partial charge in [0.2, 0.25) is 0 Å². The Labute approximate surface area is 107 Å². The van der Waals surface area contributed by atoms with E-state index < -0.39 is 5.82 Å². The molecule has 0 amide bonds. The van der Waals surface area contributed by atoms with Gasteiger partial charge in [-0.05, 0) is 18.2 Å². The second-order valence-corrected chi connectivity index (χ2v) is 4.52. The Balaban J connectivity index is 2.16. The largest absolute Gasteiger partial charge is 0.494 e. The first-order chi connectivity index (χ1) is 8.60. The molecule has 0 spiro atoms. The zero-order valence-corrected chi connectivity index (χ0v) is 10.5. The molecule has 2 rings (SSSR count). The fraction of sp³-hybridized carbons (Fsp3) is 0.167. The number of ketones is 1. The zero-order chi connectivity index (χ0) is 13.1. The Kier molecular flexibility index (Phi) is 3.57. The summed E-state index contributed by atoms with van der Waals surface area (Å²) >= 11 is 1.27. The molecule has 2 aromatic rings. The minimum absolute atomic E-state index is 0.111. The van der Waals surface area contributed by atoms with Gasteiger partial charge in [-0.25, -0.2) is 9.37 Å². The van der Waals surface area contributed by atoms with E-state index in [1.165, 1.54) is 30.6 Å². The van der Waals surface area contributed by atoms with E-state index >= 15 is 0 Å². The van der Waals surface area contributed by atoms with Gasteiger partial charge in [0.1, 0.15) is 0 Å². The third-order valence-electron chi connectivity index (χ3n) is 2.38. The van der Waals surface area contributed by atoms with Crippen LogP contribution in [0.3, 0.4) is 0 Å². The topological polar surface area (TPSA) is 65.2 Å². The predicted molar refractivity (Wildman–Crippen MR) is 67.5 cm³/mol. The average Bonchev–Trinajstić information content (AvgIpc) is 2.74. The minimum atomic E-state index is -0.554. The summed E-state index contributed by atoms with van der Waals surface area (Å²) in [6.07, 6.45) is 0.111. The van der Waals surface area contributed by atoms with Crippen LogP contribution in [0.5, 0.6) is 5.75 Å². The number of nitrogens with two attached hydrogens (primary N) is 1. The van der Waals surface area contributed by atoms with Crippen LogP contribution in [-0.4, -0.2) is 17.9 Å². The number of benzene rings is 1. The Morgan fingerprint density at radius 2 is 2.33 bits per heavy atom. The Bertz CT molecular complexity index is 583. The van der Waals surface area contributed by atoms with Crippen LogP contribution in [-0.2, 0) is 6.42 Å². The highest BCUT2D eigenvalue weighted by Gasteiger charge is 2.12. The number of anilines is 1. The molecule has 0 unspecified atom stereocenters. The fourth-order valence-corrected chi connectivity index (χ4v) is 2.07. The van der Waals surface area contributed by atoms with Gasteiger partial charge in [-0.1, -0.05) is 0 Å². The molecule has 94 valence electrons. The van der Waals surface area contributed by atoms with Crippen molar-refractivity contribution < 1.29 is 13.9 Å².